The highest BCUT2D eigenvalue weighted by Gasteiger charge is 2.53. The molecular formula is C21H33N3O2. The zero-order valence-electron chi connectivity index (χ0n) is 16.1. The van der Waals surface area contributed by atoms with Crippen molar-refractivity contribution in [2.24, 2.45) is 23.2 Å². The first-order valence-electron chi connectivity index (χ1n) is 10.9. The molecule has 1 N–H and O–H groups in total. The fraction of sp³-hybridized carbons (Fsp3) is 0.905. The van der Waals surface area contributed by atoms with Gasteiger partial charge in [0.15, 0.2) is 0 Å². The highest BCUT2D eigenvalue weighted by Crippen LogP contribution is 2.61. The van der Waals surface area contributed by atoms with Gasteiger partial charge in [-0.05, 0) is 81.0 Å². The van der Waals surface area contributed by atoms with E-state index in [4.69, 9.17) is 9.15 Å². The molecule has 1 aromatic rings. The molecule has 5 nitrogen and oxygen atoms in total. The highest BCUT2D eigenvalue weighted by atomic mass is 16.5. The van der Waals surface area contributed by atoms with Gasteiger partial charge >= 0.3 is 0 Å². The summed E-state index contributed by atoms with van der Waals surface area (Å²) in [4.78, 5) is 0. The maximum Gasteiger partial charge on any atom is 0.230 e. The van der Waals surface area contributed by atoms with Gasteiger partial charge in [0.05, 0.1) is 19.1 Å². The normalized spacial score (nSPS) is 40.0. The van der Waals surface area contributed by atoms with Crippen LogP contribution in [0.5, 0.6) is 0 Å². The lowest BCUT2D eigenvalue weighted by Gasteiger charge is -2.59. The van der Waals surface area contributed by atoms with Gasteiger partial charge in [-0.15, -0.1) is 10.2 Å². The van der Waals surface area contributed by atoms with Gasteiger partial charge in [-0.25, -0.2) is 0 Å². The van der Waals surface area contributed by atoms with Crippen LogP contribution in [0.2, 0.25) is 0 Å². The van der Waals surface area contributed by atoms with E-state index in [0.717, 1.165) is 55.6 Å². The molecule has 4 saturated carbocycles. The molecule has 1 aliphatic heterocycles. The van der Waals surface area contributed by atoms with Gasteiger partial charge in [0, 0.05) is 12.6 Å². The third kappa shape index (κ3) is 3.11. The summed E-state index contributed by atoms with van der Waals surface area (Å²) in [5.41, 5.74) is 0.531. The molecule has 5 heteroatoms. The maximum atomic E-state index is 5.97. The summed E-state index contributed by atoms with van der Waals surface area (Å²) >= 11 is 0. The molecule has 144 valence electrons. The van der Waals surface area contributed by atoms with Gasteiger partial charge in [-0.2, -0.15) is 0 Å². The largest absolute Gasteiger partial charge is 0.423 e. The maximum absolute atomic E-state index is 5.97. The average molecular weight is 360 g/mol. The van der Waals surface area contributed by atoms with Crippen LogP contribution in [0.3, 0.4) is 0 Å². The molecule has 0 spiro atoms. The third-order valence-electron chi connectivity index (χ3n) is 7.72. The van der Waals surface area contributed by atoms with E-state index in [1.807, 2.05) is 0 Å². The molecule has 0 aromatic carbocycles. The number of aromatic nitrogens is 2. The standard InChI is InChI=1S/C21H33N3O2/c1-2-18(21-9-14-6-15(10-21)8-16(7-14)11-21)22-12-19-23-24-20(26-19)17-4-3-5-25-13-17/h14-18,22H,2-13H2,1H3. The molecule has 4 aliphatic carbocycles. The topological polar surface area (TPSA) is 60.2 Å². The Balaban J connectivity index is 1.23. The SMILES string of the molecule is CCC(NCc1nnc(C2CCCOC2)o1)C12CC3CC(CC(C3)C1)C2. The predicted molar refractivity (Wildman–Crippen MR) is 98.6 cm³/mol. The average Bonchev–Trinajstić information content (AvgIpc) is 3.11. The van der Waals surface area contributed by atoms with Crippen LogP contribution < -0.4 is 5.32 Å². The molecule has 5 aliphatic rings. The molecule has 2 unspecified atom stereocenters. The molecule has 1 aromatic heterocycles. The van der Waals surface area contributed by atoms with Gasteiger partial charge in [-0.3, -0.25) is 0 Å². The first kappa shape index (κ1) is 17.2. The molecule has 0 radical (unpaired) electrons. The van der Waals surface area contributed by atoms with E-state index in [1.54, 1.807) is 0 Å². The minimum absolute atomic E-state index is 0.287. The Labute approximate surface area is 156 Å². The van der Waals surface area contributed by atoms with E-state index in [0.29, 0.717) is 18.0 Å². The van der Waals surface area contributed by atoms with E-state index >= 15 is 0 Å². The van der Waals surface area contributed by atoms with E-state index in [1.165, 1.54) is 44.9 Å². The number of rotatable bonds is 6. The zero-order chi connectivity index (χ0) is 17.6. The van der Waals surface area contributed by atoms with Gasteiger partial charge < -0.3 is 14.5 Å². The van der Waals surface area contributed by atoms with E-state index in [-0.39, 0.29) is 5.92 Å². The van der Waals surface area contributed by atoms with Crippen LogP contribution in [0.25, 0.3) is 0 Å². The van der Waals surface area contributed by atoms with Gasteiger partial charge in [0.1, 0.15) is 0 Å². The second kappa shape index (κ2) is 6.90. The summed E-state index contributed by atoms with van der Waals surface area (Å²) in [7, 11) is 0. The number of nitrogens with one attached hydrogen (secondary N) is 1. The van der Waals surface area contributed by atoms with Crippen molar-refractivity contribution in [2.45, 2.75) is 83.2 Å². The molecular weight excluding hydrogens is 326 g/mol. The van der Waals surface area contributed by atoms with Crippen molar-refractivity contribution in [3.63, 3.8) is 0 Å². The van der Waals surface area contributed by atoms with Crippen LogP contribution in [0.15, 0.2) is 4.42 Å². The number of nitrogens with zero attached hydrogens (tertiary/aromatic N) is 2. The Morgan fingerprint density at radius 2 is 1.85 bits per heavy atom. The van der Waals surface area contributed by atoms with Crippen LogP contribution in [-0.2, 0) is 11.3 Å². The predicted octanol–water partition coefficient (Wildman–Crippen LogP) is 4.05. The van der Waals surface area contributed by atoms with Crippen molar-refractivity contribution < 1.29 is 9.15 Å². The molecule has 4 bridgehead atoms. The lowest BCUT2D eigenvalue weighted by atomic mass is 9.47. The second-order valence-electron chi connectivity index (χ2n) is 9.57. The first-order valence-corrected chi connectivity index (χ1v) is 10.9. The monoisotopic (exact) mass is 359 g/mol. The van der Waals surface area contributed by atoms with E-state index in [9.17, 15) is 0 Å². The van der Waals surface area contributed by atoms with E-state index in [2.05, 4.69) is 22.4 Å². The molecule has 2 heterocycles. The van der Waals surface area contributed by atoms with Crippen molar-refractivity contribution in [3.05, 3.63) is 11.8 Å². The quantitative estimate of drug-likeness (QED) is 0.830. The Morgan fingerprint density at radius 1 is 1.12 bits per heavy atom. The van der Waals surface area contributed by atoms with Crippen molar-refractivity contribution >= 4 is 0 Å². The first-order chi connectivity index (χ1) is 12.7. The summed E-state index contributed by atoms with van der Waals surface area (Å²) in [6.07, 6.45) is 12.2. The summed E-state index contributed by atoms with van der Waals surface area (Å²) in [6.45, 7) is 4.64. The fourth-order valence-electron chi connectivity index (χ4n) is 7.05. The van der Waals surface area contributed by atoms with Crippen LogP contribution in [0.4, 0.5) is 0 Å². The molecule has 6 rings (SSSR count). The number of ether oxygens (including phenoxy) is 1. The Bertz CT molecular complexity index is 587. The van der Waals surface area contributed by atoms with Crippen molar-refractivity contribution in [1.29, 1.82) is 0 Å². The second-order valence-corrected chi connectivity index (χ2v) is 9.57. The van der Waals surface area contributed by atoms with Crippen molar-refractivity contribution in [2.75, 3.05) is 13.2 Å². The summed E-state index contributed by atoms with van der Waals surface area (Å²) in [6, 6.07) is 0.587. The minimum Gasteiger partial charge on any atom is -0.423 e. The van der Waals surface area contributed by atoms with Gasteiger partial charge in [-0.1, -0.05) is 6.92 Å². The Morgan fingerprint density at radius 3 is 2.46 bits per heavy atom. The molecule has 5 fully saturated rings. The lowest BCUT2D eigenvalue weighted by Crippen LogP contribution is -2.55. The molecule has 0 amide bonds. The van der Waals surface area contributed by atoms with Crippen LogP contribution in [-0.4, -0.2) is 29.5 Å². The van der Waals surface area contributed by atoms with Crippen molar-refractivity contribution in [3.8, 4) is 0 Å². The van der Waals surface area contributed by atoms with Crippen LogP contribution in [0, 0.1) is 23.2 Å². The van der Waals surface area contributed by atoms with Gasteiger partial charge in [0.2, 0.25) is 11.8 Å². The fourth-order valence-corrected chi connectivity index (χ4v) is 7.05. The number of hydrogen-bond donors (Lipinski definition) is 1. The van der Waals surface area contributed by atoms with Gasteiger partial charge in [0.25, 0.3) is 0 Å². The third-order valence-corrected chi connectivity index (χ3v) is 7.72. The highest BCUT2D eigenvalue weighted by molar-refractivity contribution is 5.06. The molecule has 1 saturated heterocycles. The molecule has 2 atom stereocenters. The molecule has 26 heavy (non-hydrogen) atoms. The minimum atomic E-state index is 0.287. The zero-order valence-corrected chi connectivity index (χ0v) is 16.1. The number of hydrogen-bond acceptors (Lipinski definition) is 5. The summed E-state index contributed by atoms with van der Waals surface area (Å²) in [5, 5.41) is 12.4. The summed E-state index contributed by atoms with van der Waals surface area (Å²) < 4.78 is 11.5. The Hall–Kier alpha value is -0.940. The Kier molecular flexibility index (Phi) is 4.56. The van der Waals surface area contributed by atoms with Crippen LogP contribution in [0.1, 0.15) is 82.4 Å². The van der Waals surface area contributed by atoms with E-state index < -0.39 is 0 Å². The van der Waals surface area contributed by atoms with Crippen molar-refractivity contribution in [1.82, 2.24) is 15.5 Å². The summed E-state index contributed by atoms with van der Waals surface area (Å²) in [5.74, 6) is 4.79. The lowest BCUT2D eigenvalue weighted by molar-refractivity contribution is -0.0750. The smallest absolute Gasteiger partial charge is 0.230 e. The van der Waals surface area contributed by atoms with Crippen LogP contribution >= 0.6 is 0 Å².